The minimum absolute atomic E-state index is 0.134. The van der Waals surface area contributed by atoms with Crippen LogP contribution in [0.15, 0.2) is 42.5 Å². The number of ether oxygens (including phenoxy) is 1. The Morgan fingerprint density at radius 2 is 1.86 bits per heavy atom. The first-order chi connectivity index (χ1) is 10.1. The van der Waals surface area contributed by atoms with Gasteiger partial charge in [-0.25, -0.2) is 4.39 Å². The highest BCUT2D eigenvalue weighted by molar-refractivity contribution is 6.30. The second-order valence-electron chi connectivity index (χ2n) is 5.06. The molecule has 2 aromatic carbocycles. The first-order valence-corrected chi connectivity index (χ1v) is 7.27. The van der Waals surface area contributed by atoms with E-state index in [-0.39, 0.29) is 11.7 Å². The Balaban J connectivity index is 2.15. The van der Waals surface area contributed by atoms with Crippen molar-refractivity contribution in [1.82, 2.24) is 0 Å². The third-order valence-corrected chi connectivity index (χ3v) is 3.79. The van der Waals surface area contributed by atoms with Crippen molar-refractivity contribution in [2.24, 2.45) is 11.7 Å². The largest absolute Gasteiger partial charge is 0.496 e. The Labute approximate surface area is 129 Å². The van der Waals surface area contributed by atoms with Gasteiger partial charge in [0.15, 0.2) is 0 Å². The van der Waals surface area contributed by atoms with E-state index in [2.05, 4.69) is 0 Å². The number of para-hydroxylation sites is 1. The lowest BCUT2D eigenvalue weighted by Crippen LogP contribution is -2.20. The van der Waals surface area contributed by atoms with E-state index in [9.17, 15) is 4.39 Å². The number of methoxy groups -OCH3 is 1. The number of halogens is 2. The van der Waals surface area contributed by atoms with E-state index < -0.39 is 0 Å². The summed E-state index contributed by atoms with van der Waals surface area (Å²) in [5, 5.41) is 0.541. The fourth-order valence-electron chi connectivity index (χ4n) is 2.43. The Bertz CT molecular complexity index is 603. The van der Waals surface area contributed by atoms with Crippen molar-refractivity contribution in [3.8, 4) is 5.75 Å². The van der Waals surface area contributed by atoms with Gasteiger partial charge >= 0.3 is 0 Å². The van der Waals surface area contributed by atoms with Gasteiger partial charge in [0.25, 0.3) is 0 Å². The lowest BCUT2D eigenvalue weighted by molar-refractivity contribution is 0.403. The highest BCUT2D eigenvalue weighted by Crippen LogP contribution is 2.24. The summed E-state index contributed by atoms with van der Waals surface area (Å²) in [6, 6.07) is 12.4. The molecule has 0 aliphatic rings. The van der Waals surface area contributed by atoms with Crippen LogP contribution in [0.1, 0.15) is 11.1 Å². The summed E-state index contributed by atoms with van der Waals surface area (Å²) in [5.74, 6) is 0.731. The van der Waals surface area contributed by atoms with E-state index in [1.807, 2.05) is 24.3 Å². The molecule has 0 aliphatic carbocycles. The third kappa shape index (κ3) is 4.19. The molecular formula is C17H19ClFNO. The molecule has 0 heterocycles. The maximum Gasteiger partial charge on any atom is 0.126 e. The molecule has 0 bridgehead atoms. The zero-order valence-electron chi connectivity index (χ0n) is 12.0. The molecule has 2 rings (SSSR count). The van der Waals surface area contributed by atoms with Gasteiger partial charge in [-0.2, -0.15) is 0 Å². The van der Waals surface area contributed by atoms with Crippen LogP contribution in [0, 0.1) is 11.7 Å². The zero-order chi connectivity index (χ0) is 15.2. The van der Waals surface area contributed by atoms with Crippen LogP contribution in [-0.4, -0.2) is 13.7 Å². The van der Waals surface area contributed by atoms with Crippen molar-refractivity contribution < 1.29 is 9.13 Å². The van der Waals surface area contributed by atoms with Gasteiger partial charge in [-0.05, 0) is 60.7 Å². The molecule has 2 nitrogen and oxygen atoms in total. The van der Waals surface area contributed by atoms with Crippen molar-refractivity contribution in [1.29, 1.82) is 0 Å². The minimum Gasteiger partial charge on any atom is -0.496 e. The van der Waals surface area contributed by atoms with Gasteiger partial charge in [0.2, 0.25) is 0 Å². The van der Waals surface area contributed by atoms with Gasteiger partial charge in [0.05, 0.1) is 7.11 Å². The number of rotatable bonds is 6. The van der Waals surface area contributed by atoms with Crippen molar-refractivity contribution in [2.45, 2.75) is 12.8 Å². The molecular weight excluding hydrogens is 289 g/mol. The van der Waals surface area contributed by atoms with Gasteiger partial charge in [0, 0.05) is 5.02 Å². The Morgan fingerprint density at radius 1 is 1.14 bits per heavy atom. The van der Waals surface area contributed by atoms with Crippen molar-refractivity contribution in [3.05, 3.63) is 64.4 Å². The van der Waals surface area contributed by atoms with E-state index in [0.717, 1.165) is 17.7 Å². The molecule has 21 heavy (non-hydrogen) atoms. The summed E-state index contributed by atoms with van der Waals surface area (Å²) in [6.07, 6.45) is 1.30. The molecule has 112 valence electrons. The van der Waals surface area contributed by atoms with E-state index in [1.165, 1.54) is 6.07 Å². The number of benzene rings is 2. The molecule has 4 heteroatoms. The van der Waals surface area contributed by atoms with Crippen LogP contribution in [0.5, 0.6) is 5.75 Å². The van der Waals surface area contributed by atoms with Gasteiger partial charge in [0.1, 0.15) is 11.6 Å². The van der Waals surface area contributed by atoms with Gasteiger partial charge in [-0.15, -0.1) is 0 Å². The Morgan fingerprint density at radius 3 is 2.57 bits per heavy atom. The van der Waals surface area contributed by atoms with E-state index in [4.69, 9.17) is 22.1 Å². The lowest BCUT2D eigenvalue weighted by Gasteiger charge is -2.17. The standard InChI is InChI=1S/C17H19ClFNO/c1-21-17-5-3-2-4-13(17)8-12(11-20)9-14-10-15(18)6-7-16(14)19/h2-7,10,12H,8-9,11,20H2,1H3. The number of nitrogens with two attached hydrogens (primary N) is 1. The molecule has 0 fully saturated rings. The van der Waals surface area contributed by atoms with Crippen molar-refractivity contribution in [3.63, 3.8) is 0 Å². The van der Waals surface area contributed by atoms with Gasteiger partial charge in [-0.3, -0.25) is 0 Å². The predicted octanol–water partition coefficient (Wildman–Crippen LogP) is 3.85. The second kappa shape index (κ2) is 7.43. The molecule has 0 spiro atoms. The van der Waals surface area contributed by atoms with Crippen molar-refractivity contribution >= 4 is 11.6 Å². The fraction of sp³-hybridized carbons (Fsp3) is 0.294. The predicted molar refractivity (Wildman–Crippen MR) is 84.4 cm³/mol. The van der Waals surface area contributed by atoms with Crippen LogP contribution in [-0.2, 0) is 12.8 Å². The Kier molecular flexibility index (Phi) is 5.59. The van der Waals surface area contributed by atoms with Crippen LogP contribution >= 0.6 is 11.6 Å². The quantitative estimate of drug-likeness (QED) is 0.880. The van der Waals surface area contributed by atoms with Crippen LogP contribution in [0.4, 0.5) is 4.39 Å². The summed E-state index contributed by atoms with van der Waals surface area (Å²) < 4.78 is 19.2. The maximum atomic E-state index is 13.8. The summed E-state index contributed by atoms with van der Waals surface area (Å²) >= 11 is 5.93. The summed E-state index contributed by atoms with van der Waals surface area (Å²) in [5.41, 5.74) is 7.54. The third-order valence-electron chi connectivity index (χ3n) is 3.55. The maximum absolute atomic E-state index is 13.8. The van der Waals surface area contributed by atoms with Crippen molar-refractivity contribution in [2.75, 3.05) is 13.7 Å². The molecule has 0 amide bonds. The average Bonchev–Trinajstić information content (AvgIpc) is 2.50. The molecule has 0 aromatic heterocycles. The smallest absolute Gasteiger partial charge is 0.126 e. The van der Waals surface area contributed by atoms with E-state index >= 15 is 0 Å². The molecule has 0 saturated carbocycles. The molecule has 1 unspecified atom stereocenters. The number of hydrogen-bond donors (Lipinski definition) is 1. The summed E-state index contributed by atoms with van der Waals surface area (Å²) in [4.78, 5) is 0. The fourth-order valence-corrected chi connectivity index (χ4v) is 2.63. The summed E-state index contributed by atoms with van der Waals surface area (Å²) in [6.45, 7) is 0.476. The zero-order valence-corrected chi connectivity index (χ0v) is 12.7. The first kappa shape index (κ1) is 15.8. The van der Waals surface area contributed by atoms with E-state index in [1.54, 1.807) is 19.2 Å². The van der Waals surface area contributed by atoms with Gasteiger partial charge < -0.3 is 10.5 Å². The highest BCUT2D eigenvalue weighted by atomic mass is 35.5. The van der Waals surface area contributed by atoms with Crippen LogP contribution in [0.25, 0.3) is 0 Å². The second-order valence-corrected chi connectivity index (χ2v) is 5.49. The van der Waals surface area contributed by atoms with Gasteiger partial charge in [-0.1, -0.05) is 29.8 Å². The SMILES string of the molecule is COc1ccccc1CC(CN)Cc1cc(Cl)ccc1F. The monoisotopic (exact) mass is 307 g/mol. The molecule has 0 saturated heterocycles. The highest BCUT2D eigenvalue weighted by Gasteiger charge is 2.14. The summed E-state index contributed by atoms with van der Waals surface area (Å²) in [7, 11) is 1.65. The molecule has 0 aliphatic heterocycles. The average molecular weight is 308 g/mol. The van der Waals surface area contributed by atoms with Crippen LogP contribution in [0.3, 0.4) is 0 Å². The first-order valence-electron chi connectivity index (χ1n) is 6.90. The molecule has 2 N–H and O–H groups in total. The Hall–Kier alpha value is -1.58. The van der Waals surface area contributed by atoms with Crippen LogP contribution < -0.4 is 10.5 Å². The molecule has 2 aromatic rings. The molecule has 1 atom stereocenters. The minimum atomic E-state index is -0.238. The number of hydrogen-bond acceptors (Lipinski definition) is 2. The normalized spacial score (nSPS) is 12.2. The molecule has 0 radical (unpaired) electrons. The topological polar surface area (TPSA) is 35.2 Å². The lowest BCUT2D eigenvalue weighted by atomic mass is 9.92. The van der Waals surface area contributed by atoms with Crippen LogP contribution in [0.2, 0.25) is 5.02 Å². The van der Waals surface area contributed by atoms with E-state index in [0.29, 0.717) is 23.6 Å².